The SMILES string of the molecule is O=C(O)Cn1ncc2c1CCCC2N(c1ccc(-c2ccccc2Cl)cc1)S(=O)[O-]. The Morgan fingerprint density at radius 3 is 2.67 bits per heavy atom. The van der Waals surface area contributed by atoms with E-state index < -0.39 is 23.3 Å². The minimum absolute atomic E-state index is 0.241. The largest absolute Gasteiger partial charge is 0.755 e. The first-order valence-corrected chi connectivity index (χ1v) is 10.9. The summed E-state index contributed by atoms with van der Waals surface area (Å²) in [5, 5.41) is 13.9. The highest BCUT2D eigenvalue weighted by molar-refractivity contribution is 7.80. The fourth-order valence-corrected chi connectivity index (χ4v) is 4.92. The summed E-state index contributed by atoms with van der Waals surface area (Å²) in [6.45, 7) is -0.241. The molecule has 7 nitrogen and oxygen atoms in total. The Bertz CT molecular complexity index is 1100. The van der Waals surface area contributed by atoms with Gasteiger partial charge in [0, 0.05) is 38.8 Å². The average Bonchev–Trinajstić information content (AvgIpc) is 3.12. The van der Waals surface area contributed by atoms with Crippen molar-refractivity contribution in [2.45, 2.75) is 31.8 Å². The van der Waals surface area contributed by atoms with Gasteiger partial charge < -0.3 is 9.66 Å². The van der Waals surface area contributed by atoms with Crippen LogP contribution >= 0.6 is 11.6 Å². The minimum atomic E-state index is -2.51. The van der Waals surface area contributed by atoms with Crippen LogP contribution in [0.25, 0.3) is 11.1 Å². The minimum Gasteiger partial charge on any atom is -0.755 e. The standard InChI is InChI=1S/C21H20ClN3O4S/c22-18-5-2-1-4-16(18)14-8-10-15(11-9-14)25(30(28)29)20-7-3-6-19-17(20)12-23-24(19)13-21(26)27/h1-2,4-5,8-12,20H,3,6-7,13H2,(H,26,27)(H,28,29)/p-1. The topological polar surface area (TPSA) is 98.5 Å². The molecule has 0 spiro atoms. The Balaban J connectivity index is 1.68. The Kier molecular flexibility index (Phi) is 5.90. The number of halogens is 1. The smallest absolute Gasteiger partial charge is 0.325 e. The summed E-state index contributed by atoms with van der Waals surface area (Å²) in [6.07, 6.45) is 3.63. The molecule has 0 saturated carbocycles. The second kappa shape index (κ2) is 8.59. The van der Waals surface area contributed by atoms with Gasteiger partial charge in [-0.2, -0.15) is 5.10 Å². The van der Waals surface area contributed by atoms with Crippen LogP contribution in [0.2, 0.25) is 5.02 Å². The van der Waals surface area contributed by atoms with Crippen molar-refractivity contribution >= 4 is 34.5 Å². The Labute approximate surface area is 181 Å². The van der Waals surface area contributed by atoms with E-state index in [9.17, 15) is 13.6 Å². The van der Waals surface area contributed by atoms with Crippen molar-refractivity contribution in [1.82, 2.24) is 9.78 Å². The van der Waals surface area contributed by atoms with Crippen LogP contribution in [0.1, 0.15) is 30.1 Å². The third-order valence-corrected chi connectivity index (χ3v) is 6.38. The molecule has 1 aliphatic carbocycles. The number of carbonyl (C=O) groups is 1. The van der Waals surface area contributed by atoms with E-state index in [1.165, 1.54) is 8.99 Å². The normalized spacial score (nSPS) is 16.7. The van der Waals surface area contributed by atoms with E-state index in [1.807, 2.05) is 36.4 Å². The maximum Gasteiger partial charge on any atom is 0.325 e. The van der Waals surface area contributed by atoms with Gasteiger partial charge in [-0.15, -0.1) is 0 Å². The third-order valence-electron chi connectivity index (χ3n) is 5.27. The van der Waals surface area contributed by atoms with E-state index in [0.29, 0.717) is 23.6 Å². The third kappa shape index (κ3) is 3.98. The molecule has 0 amide bonds. The summed E-state index contributed by atoms with van der Waals surface area (Å²) in [6, 6.07) is 14.2. The molecule has 2 unspecified atom stereocenters. The molecule has 1 N–H and O–H groups in total. The highest BCUT2D eigenvalue weighted by Gasteiger charge is 2.30. The maximum atomic E-state index is 12.2. The van der Waals surface area contributed by atoms with Crippen LogP contribution in [0.3, 0.4) is 0 Å². The zero-order chi connectivity index (χ0) is 21.3. The number of nitrogens with zero attached hydrogens (tertiary/aromatic N) is 3. The van der Waals surface area contributed by atoms with Crippen molar-refractivity contribution in [3.05, 3.63) is 71.0 Å². The van der Waals surface area contributed by atoms with Crippen LogP contribution in [0.5, 0.6) is 0 Å². The molecule has 2 atom stereocenters. The Morgan fingerprint density at radius 1 is 1.27 bits per heavy atom. The maximum absolute atomic E-state index is 12.2. The van der Waals surface area contributed by atoms with Crippen molar-refractivity contribution < 1.29 is 18.7 Å². The van der Waals surface area contributed by atoms with Crippen LogP contribution in [-0.4, -0.2) is 29.6 Å². The molecule has 1 aliphatic rings. The quantitative estimate of drug-likeness (QED) is 0.580. The van der Waals surface area contributed by atoms with Gasteiger partial charge in [-0.05, 0) is 43.0 Å². The van der Waals surface area contributed by atoms with Gasteiger partial charge in [0.05, 0.1) is 12.2 Å². The van der Waals surface area contributed by atoms with E-state index >= 15 is 0 Å². The highest BCUT2D eigenvalue weighted by Crippen LogP contribution is 2.38. The average molecular weight is 445 g/mol. The molecule has 0 bridgehead atoms. The molecule has 4 rings (SSSR count). The molecule has 156 valence electrons. The van der Waals surface area contributed by atoms with Crippen LogP contribution in [0.4, 0.5) is 5.69 Å². The van der Waals surface area contributed by atoms with Crippen molar-refractivity contribution in [2.24, 2.45) is 0 Å². The Morgan fingerprint density at radius 2 is 2.00 bits per heavy atom. The lowest BCUT2D eigenvalue weighted by Crippen LogP contribution is -2.33. The van der Waals surface area contributed by atoms with Crippen molar-refractivity contribution in [3.8, 4) is 11.1 Å². The molecule has 0 saturated heterocycles. The second-order valence-corrected chi connectivity index (χ2v) is 8.31. The predicted octanol–water partition coefficient (Wildman–Crippen LogP) is 3.97. The lowest BCUT2D eigenvalue weighted by atomic mass is 9.92. The van der Waals surface area contributed by atoms with E-state index in [-0.39, 0.29) is 6.54 Å². The number of aliphatic carboxylic acids is 1. The molecule has 3 aromatic rings. The lowest BCUT2D eigenvalue weighted by Gasteiger charge is -2.37. The summed E-state index contributed by atoms with van der Waals surface area (Å²) in [5.41, 5.74) is 3.82. The van der Waals surface area contributed by atoms with Gasteiger partial charge in [-0.25, -0.2) is 0 Å². The van der Waals surface area contributed by atoms with E-state index in [2.05, 4.69) is 5.10 Å². The van der Waals surface area contributed by atoms with Crippen LogP contribution in [0.15, 0.2) is 54.7 Å². The van der Waals surface area contributed by atoms with Crippen LogP contribution < -0.4 is 4.31 Å². The first-order valence-electron chi connectivity index (χ1n) is 9.45. The van der Waals surface area contributed by atoms with E-state index in [0.717, 1.165) is 28.8 Å². The van der Waals surface area contributed by atoms with Crippen molar-refractivity contribution in [2.75, 3.05) is 4.31 Å². The Hall–Kier alpha value is -2.68. The number of carboxylic acid groups (broad SMARTS) is 1. The summed E-state index contributed by atoms with van der Waals surface area (Å²) < 4.78 is 27.1. The first kappa shape index (κ1) is 20.6. The van der Waals surface area contributed by atoms with Crippen molar-refractivity contribution in [1.29, 1.82) is 0 Å². The fourth-order valence-electron chi connectivity index (χ4n) is 3.96. The lowest BCUT2D eigenvalue weighted by molar-refractivity contribution is -0.137. The van der Waals surface area contributed by atoms with Gasteiger partial charge >= 0.3 is 5.97 Å². The number of hydrogen-bond acceptors (Lipinski definition) is 4. The van der Waals surface area contributed by atoms with Gasteiger partial charge in [0.2, 0.25) is 0 Å². The molecule has 1 aromatic heterocycles. The van der Waals surface area contributed by atoms with Gasteiger partial charge in [0.25, 0.3) is 0 Å². The fraction of sp³-hybridized carbons (Fsp3) is 0.238. The second-order valence-electron chi connectivity index (χ2n) is 7.08. The summed E-state index contributed by atoms with van der Waals surface area (Å²) in [5.74, 6) is -0.984. The number of aromatic nitrogens is 2. The number of fused-ring (bicyclic) bond motifs is 1. The van der Waals surface area contributed by atoms with Crippen LogP contribution in [-0.2, 0) is 29.0 Å². The monoisotopic (exact) mass is 444 g/mol. The van der Waals surface area contributed by atoms with Gasteiger partial charge in [0.1, 0.15) is 6.54 Å². The molecular weight excluding hydrogens is 426 g/mol. The highest BCUT2D eigenvalue weighted by atomic mass is 35.5. The summed E-state index contributed by atoms with van der Waals surface area (Å²) in [4.78, 5) is 11.1. The molecular formula is C21H19ClN3O4S-. The molecule has 9 heteroatoms. The number of hydrogen-bond donors (Lipinski definition) is 1. The first-order chi connectivity index (χ1) is 14.5. The number of benzene rings is 2. The van der Waals surface area contributed by atoms with E-state index in [4.69, 9.17) is 16.7 Å². The zero-order valence-electron chi connectivity index (χ0n) is 15.9. The summed E-state index contributed by atoms with van der Waals surface area (Å²) in [7, 11) is 0. The molecule has 2 aromatic carbocycles. The predicted molar refractivity (Wildman–Crippen MR) is 114 cm³/mol. The number of carboxylic acids is 1. The van der Waals surface area contributed by atoms with Gasteiger partial charge in [-0.1, -0.05) is 41.9 Å². The number of anilines is 1. The van der Waals surface area contributed by atoms with Gasteiger partial charge in [0.15, 0.2) is 0 Å². The number of rotatable bonds is 6. The van der Waals surface area contributed by atoms with Crippen LogP contribution in [0, 0.1) is 0 Å². The molecule has 0 aliphatic heterocycles. The van der Waals surface area contributed by atoms with Crippen molar-refractivity contribution in [3.63, 3.8) is 0 Å². The zero-order valence-corrected chi connectivity index (χ0v) is 17.5. The molecule has 1 heterocycles. The van der Waals surface area contributed by atoms with E-state index in [1.54, 1.807) is 18.3 Å². The van der Waals surface area contributed by atoms with Gasteiger partial charge in [-0.3, -0.25) is 18.0 Å². The summed E-state index contributed by atoms with van der Waals surface area (Å²) >= 11 is 3.76. The molecule has 30 heavy (non-hydrogen) atoms. The molecule has 0 fully saturated rings. The molecule has 0 radical (unpaired) electrons.